The first-order valence-electron chi connectivity index (χ1n) is 15.2. The Morgan fingerprint density at radius 2 is 1.51 bits per heavy atom. The number of fused-ring (bicyclic) bond motifs is 1. The number of amides is 3. The molecule has 1 atom stereocenters. The molecule has 5 heterocycles. The maximum absolute atomic E-state index is 13.1. The van der Waals surface area contributed by atoms with Crippen molar-refractivity contribution in [3.8, 4) is 0 Å². The first-order valence-corrected chi connectivity index (χ1v) is 15.2. The first-order chi connectivity index (χ1) is 19.9. The number of imide groups is 1. The van der Waals surface area contributed by atoms with Crippen LogP contribution < -0.4 is 20.9 Å². The van der Waals surface area contributed by atoms with E-state index in [1.807, 2.05) is 18.2 Å². The molecule has 7 rings (SSSR count). The van der Waals surface area contributed by atoms with Gasteiger partial charge in [0.1, 0.15) is 6.04 Å². The number of rotatable bonds is 4. The number of hydrogen-bond donors (Lipinski definition) is 2. The minimum atomic E-state index is -0.568. The third kappa shape index (κ3) is 4.94. The second kappa shape index (κ2) is 10.4. The van der Waals surface area contributed by atoms with Gasteiger partial charge in [-0.25, -0.2) is 0 Å². The molecule has 1 spiro atoms. The summed E-state index contributed by atoms with van der Waals surface area (Å²) < 4.78 is 0. The molecule has 1 unspecified atom stereocenters. The van der Waals surface area contributed by atoms with Crippen molar-refractivity contribution in [3.63, 3.8) is 0 Å². The van der Waals surface area contributed by atoms with Crippen LogP contribution in [0.1, 0.15) is 60.9 Å². The molecule has 0 saturated carbocycles. The van der Waals surface area contributed by atoms with E-state index in [1.165, 1.54) is 56.6 Å². The van der Waals surface area contributed by atoms with Gasteiger partial charge in [-0.15, -0.1) is 0 Å². The van der Waals surface area contributed by atoms with Crippen molar-refractivity contribution in [1.82, 2.24) is 15.1 Å². The number of nitrogens with zero attached hydrogens (tertiary/aromatic N) is 4. The van der Waals surface area contributed by atoms with E-state index in [-0.39, 0.29) is 24.1 Å². The van der Waals surface area contributed by atoms with Crippen LogP contribution >= 0.6 is 0 Å². The average molecular weight is 557 g/mol. The molecule has 0 bridgehead atoms. The molecule has 5 aliphatic rings. The van der Waals surface area contributed by atoms with Gasteiger partial charge in [-0.05, 0) is 105 Å². The van der Waals surface area contributed by atoms with Gasteiger partial charge in [0.05, 0.1) is 0 Å². The van der Waals surface area contributed by atoms with Crippen molar-refractivity contribution in [1.29, 1.82) is 0 Å². The molecule has 3 amide bonds. The van der Waals surface area contributed by atoms with E-state index in [4.69, 9.17) is 5.73 Å². The van der Waals surface area contributed by atoms with E-state index in [9.17, 15) is 14.4 Å². The molecule has 9 heteroatoms. The van der Waals surface area contributed by atoms with Crippen LogP contribution in [0.15, 0.2) is 42.5 Å². The van der Waals surface area contributed by atoms with Gasteiger partial charge >= 0.3 is 0 Å². The molecule has 0 aromatic heterocycles. The maximum Gasteiger partial charge on any atom is 0.255 e. The minimum absolute atomic E-state index is 0.106. The smallest absolute Gasteiger partial charge is 0.255 e. The summed E-state index contributed by atoms with van der Waals surface area (Å²) in [6, 6.07) is 14.5. The number of carbonyl (C=O) groups excluding carboxylic acids is 3. The fourth-order valence-corrected chi connectivity index (χ4v) is 7.86. The van der Waals surface area contributed by atoms with E-state index in [1.54, 1.807) is 4.90 Å². The molecule has 3 N–H and O–H groups in total. The molecule has 0 radical (unpaired) electrons. The number of nitrogens with two attached hydrogens (primary N) is 1. The van der Waals surface area contributed by atoms with Gasteiger partial charge in [0.2, 0.25) is 11.8 Å². The number of hydrogen-bond acceptors (Lipinski definition) is 7. The Bertz CT molecular complexity index is 1340. The molecule has 4 saturated heterocycles. The Labute approximate surface area is 241 Å². The Hall–Kier alpha value is -3.59. The number of likely N-dealkylation sites (tertiary alicyclic amines) is 1. The van der Waals surface area contributed by atoms with Crippen molar-refractivity contribution < 1.29 is 14.4 Å². The molecule has 5 aliphatic heterocycles. The van der Waals surface area contributed by atoms with Crippen LogP contribution in [-0.4, -0.2) is 78.9 Å². The highest BCUT2D eigenvalue weighted by molar-refractivity contribution is 6.05. The first kappa shape index (κ1) is 26.3. The highest BCUT2D eigenvalue weighted by atomic mass is 16.2. The Morgan fingerprint density at radius 1 is 0.805 bits per heavy atom. The predicted molar refractivity (Wildman–Crippen MR) is 159 cm³/mol. The summed E-state index contributed by atoms with van der Waals surface area (Å²) in [7, 11) is 0. The van der Waals surface area contributed by atoms with Crippen molar-refractivity contribution in [2.24, 2.45) is 5.41 Å². The molecular formula is C32H40N6O3. The van der Waals surface area contributed by atoms with Crippen LogP contribution in [0.3, 0.4) is 0 Å². The lowest BCUT2D eigenvalue weighted by Crippen LogP contribution is -2.52. The summed E-state index contributed by atoms with van der Waals surface area (Å²) in [5.41, 5.74) is 11.2. The lowest BCUT2D eigenvalue weighted by atomic mass is 9.77. The molecular weight excluding hydrogens is 516 g/mol. The van der Waals surface area contributed by atoms with Crippen molar-refractivity contribution in [2.75, 3.05) is 54.8 Å². The minimum Gasteiger partial charge on any atom is -0.399 e. The monoisotopic (exact) mass is 556 g/mol. The predicted octanol–water partition coefficient (Wildman–Crippen LogP) is 2.99. The van der Waals surface area contributed by atoms with Crippen molar-refractivity contribution >= 4 is 34.8 Å². The maximum atomic E-state index is 13.1. The second-order valence-electron chi connectivity index (χ2n) is 12.8. The van der Waals surface area contributed by atoms with E-state index < -0.39 is 6.04 Å². The number of nitrogens with one attached hydrogen (secondary N) is 1. The molecule has 2 aromatic rings. The zero-order chi connectivity index (χ0) is 28.1. The molecule has 2 aromatic carbocycles. The topological polar surface area (TPSA) is 102 Å². The standard InChI is InChI=1S/C32H40N6O3/c33-23-1-3-24(4-2-23)35-14-9-25(10-15-35)36-16-11-32(12-17-36)13-18-37(21-32)26-5-6-27-22(19-26)20-38(31(27)41)28-7-8-29(39)34-30(28)40/h1-6,19,25,28H,7-18,20-21,33H2,(H,34,39,40). The number of benzene rings is 2. The SMILES string of the molecule is Nc1ccc(N2CCC(N3CCC4(CCN(c5ccc6c(c5)CN(C5CCC(=O)NC5=O)C6=O)C4)CC3)CC2)cc1. The van der Waals surface area contributed by atoms with Gasteiger partial charge < -0.3 is 25.3 Å². The van der Waals surface area contributed by atoms with Crippen LogP contribution in [0.4, 0.5) is 17.1 Å². The number of carbonyl (C=O) groups is 3. The Kier molecular flexibility index (Phi) is 6.64. The van der Waals surface area contributed by atoms with Crippen LogP contribution in [-0.2, 0) is 16.1 Å². The normalized spacial score (nSPS) is 25.2. The zero-order valence-corrected chi connectivity index (χ0v) is 23.7. The summed E-state index contributed by atoms with van der Waals surface area (Å²) in [5.74, 6) is -0.723. The van der Waals surface area contributed by atoms with Crippen LogP contribution in [0.25, 0.3) is 0 Å². The highest BCUT2D eigenvalue weighted by Gasteiger charge is 2.43. The zero-order valence-electron chi connectivity index (χ0n) is 23.7. The summed E-state index contributed by atoms with van der Waals surface area (Å²) >= 11 is 0. The summed E-state index contributed by atoms with van der Waals surface area (Å²) in [6.45, 7) is 7.11. The van der Waals surface area contributed by atoms with E-state index in [0.29, 0.717) is 30.0 Å². The lowest BCUT2D eigenvalue weighted by molar-refractivity contribution is -0.136. The van der Waals surface area contributed by atoms with Crippen molar-refractivity contribution in [2.45, 2.75) is 63.6 Å². The lowest BCUT2D eigenvalue weighted by Gasteiger charge is -2.45. The Morgan fingerprint density at radius 3 is 2.24 bits per heavy atom. The van der Waals surface area contributed by atoms with Gasteiger partial charge in [0, 0.05) is 67.8 Å². The van der Waals surface area contributed by atoms with Gasteiger partial charge in [-0.2, -0.15) is 0 Å². The fraction of sp³-hybridized carbons (Fsp3) is 0.531. The molecule has 0 aliphatic carbocycles. The van der Waals surface area contributed by atoms with Crippen LogP contribution in [0.2, 0.25) is 0 Å². The quantitative estimate of drug-likeness (QED) is 0.441. The van der Waals surface area contributed by atoms with E-state index >= 15 is 0 Å². The molecule has 9 nitrogen and oxygen atoms in total. The van der Waals surface area contributed by atoms with Crippen LogP contribution in [0, 0.1) is 5.41 Å². The van der Waals surface area contributed by atoms with Gasteiger partial charge in [0.25, 0.3) is 5.91 Å². The molecule has 216 valence electrons. The third-order valence-corrected chi connectivity index (χ3v) is 10.4. The van der Waals surface area contributed by atoms with Gasteiger partial charge in [0.15, 0.2) is 0 Å². The molecule has 41 heavy (non-hydrogen) atoms. The fourth-order valence-electron chi connectivity index (χ4n) is 7.86. The van der Waals surface area contributed by atoms with Crippen molar-refractivity contribution in [3.05, 3.63) is 53.6 Å². The van der Waals surface area contributed by atoms with E-state index in [0.717, 1.165) is 37.4 Å². The molecule has 4 fully saturated rings. The Balaban J connectivity index is 0.936. The van der Waals surface area contributed by atoms with E-state index in [2.05, 4.69) is 44.3 Å². The average Bonchev–Trinajstić information content (AvgIpc) is 3.54. The second-order valence-corrected chi connectivity index (χ2v) is 12.8. The number of anilines is 3. The summed E-state index contributed by atoms with van der Waals surface area (Å²) in [6.07, 6.45) is 6.81. The third-order valence-electron chi connectivity index (χ3n) is 10.4. The van der Waals surface area contributed by atoms with Gasteiger partial charge in [-0.1, -0.05) is 0 Å². The number of piperidine rings is 3. The summed E-state index contributed by atoms with van der Waals surface area (Å²) in [5, 5.41) is 2.39. The largest absolute Gasteiger partial charge is 0.399 e. The number of nitrogen functional groups attached to an aromatic ring is 1. The summed E-state index contributed by atoms with van der Waals surface area (Å²) in [4.78, 5) is 46.4. The van der Waals surface area contributed by atoms with Crippen LogP contribution in [0.5, 0.6) is 0 Å². The van der Waals surface area contributed by atoms with Gasteiger partial charge in [-0.3, -0.25) is 19.7 Å². The highest BCUT2D eigenvalue weighted by Crippen LogP contribution is 2.43.